The number of rotatable bonds is 6. The number of para-hydroxylation sites is 1. The van der Waals surface area contributed by atoms with Gasteiger partial charge >= 0.3 is 0 Å². The molecule has 6 aromatic rings. The molecule has 4 aromatic carbocycles. The Morgan fingerprint density at radius 1 is 0.632 bits per heavy atom. The molecule has 1 N–H and O–H groups in total. The van der Waals surface area contributed by atoms with E-state index in [1.807, 2.05) is 24.3 Å². The van der Waals surface area contributed by atoms with E-state index in [1.54, 1.807) is 0 Å². The van der Waals surface area contributed by atoms with E-state index in [9.17, 15) is 0 Å². The second kappa shape index (κ2) is 9.01. The standard InChI is InChI=1S/C32H26N6/c1-38(2)18-17-33-30-24-11-6-7-13-26(24)34-32(37-30)29-28-23-12-8-14-27(28)35-31(36-29)25-19-21(23)15-16-22(25)20-9-4-3-5-10-20/h3-16,19H,17-18H2,1-2H3,(H,33,34,37). The SMILES string of the molecule is CN(C)CCNc1nc(-c2nc3nc4cccc(c24)-c2ccc(-c4ccccc4)c-3c2)nc2ccccc12. The molecule has 8 rings (SSSR count). The van der Waals surface area contributed by atoms with Crippen molar-refractivity contribution in [2.45, 2.75) is 0 Å². The van der Waals surface area contributed by atoms with Crippen LogP contribution in [0, 0.1) is 0 Å². The van der Waals surface area contributed by atoms with Gasteiger partial charge in [0.2, 0.25) is 0 Å². The zero-order valence-electron chi connectivity index (χ0n) is 21.3. The Balaban J connectivity index is 1.47. The summed E-state index contributed by atoms with van der Waals surface area (Å²) < 4.78 is 0. The lowest BCUT2D eigenvalue weighted by atomic mass is 9.90. The highest BCUT2D eigenvalue weighted by atomic mass is 15.1. The number of benzene rings is 4. The average Bonchev–Trinajstić information content (AvgIpc) is 2.95. The number of nitrogens with one attached hydrogen (secondary N) is 1. The quantitative estimate of drug-likeness (QED) is 0.284. The van der Waals surface area contributed by atoms with Gasteiger partial charge in [0.25, 0.3) is 0 Å². The zero-order valence-corrected chi connectivity index (χ0v) is 21.3. The summed E-state index contributed by atoms with van der Waals surface area (Å²) in [5, 5.41) is 5.51. The Bertz CT molecular complexity index is 1830. The van der Waals surface area contributed by atoms with Crippen molar-refractivity contribution in [1.82, 2.24) is 24.8 Å². The van der Waals surface area contributed by atoms with E-state index in [4.69, 9.17) is 19.9 Å². The predicted octanol–water partition coefficient (Wildman–Crippen LogP) is 6.53. The first-order valence-electron chi connectivity index (χ1n) is 12.8. The molecule has 0 fully saturated rings. The van der Waals surface area contributed by atoms with Crippen LogP contribution in [-0.4, -0.2) is 52.0 Å². The molecule has 0 unspecified atom stereocenters. The van der Waals surface area contributed by atoms with Crippen molar-refractivity contribution < 1.29 is 0 Å². The van der Waals surface area contributed by atoms with E-state index >= 15 is 0 Å². The van der Waals surface area contributed by atoms with Gasteiger partial charge < -0.3 is 10.2 Å². The lowest BCUT2D eigenvalue weighted by Gasteiger charge is -2.19. The number of aromatic nitrogens is 4. The van der Waals surface area contributed by atoms with E-state index in [0.29, 0.717) is 11.6 Å². The molecule has 0 spiro atoms. The molecule has 184 valence electrons. The molecule has 0 saturated heterocycles. The maximum absolute atomic E-state index is 5.15. The maximum atomic E-state index is 5.15. The van der Waals surface area contributed by atoms with Crippen LogP contribution in [0.1, 0.15) is 0 Å². The van der Waals surface area contributed by atoms with Crippen LogP contribution in [-0.2, 0) is 0 Å². The Labute approximate surface area is 221 Å². The minimum atomic E-state index is 0.601. The highest BCUT2D eigenvalue weighted by Gasteiger charge is 2.23. The van der Waals surface area contributed by atoms with E-state index in [1.165, 1.54) is 0 Å². The Morgan fingerprint density at radius 2 is 1.42 bits per heavy atom. The summed E-state index contributed by atoms with van der Waals surface area (Å²) in [7, 11) is 4.14. The second-order valence-corrected chi connectivity index (χ2v) is 9.86. The van der Waals surface area contributed by atoms with Crippen LogP contribution >= 0.6 is 0 Å². The van der Waals surface area contributed by atoms with Gasteiger partial charge in [-0.1, -0.05) is 66.7 Å². The number of nitrogens with zero attached hydrogens (tertiary/aromatic N) is 5. The minimum Gasteiger partial charge on any atom is -0.368 e. The first-order chi connectivity index (χ1) is 18.7. The fourth-order valence-corrected chi connectivity index (χ4v) is 5.19. The molecular weight excluding hydrogens is 468 g/mol. The molecule has 0 amide bonds. The Morgan fingerprint density at radius 3 is 2.29 bits per heavy atom. The van der Waals surface area contributed by atoms with Crippen molar-refractivity contribution in [3.63, 3.8) is 0 Å². The molecule has 0 saturated carbocycles. The minimum absolute atomic E-state index is 0.601. The molecule has 0 aliphatic carbocycles. The number of hydrogen-bond donors (Lipinski definition) is 1. The summed E-state index contributed by atoms with van der Waals surface area (Å²) in [5.41, 5.74) is 8.02. The average molecular weight is 495 g/mol. The van der Waals surface area contributed by atoms with Crippen LogP contribution in [0.3, 0.4) is 0 Å². The molecule has 4 heterocycles. The van der Waals surface area contributed by atoms with Gasteiger partial charge in [-0.25, -0.2) is 19.9 Å². The molecule has 38 heavy (non-hydrogen) atoms. The highest BCUT2D eigenvalue weighted by molar-refractivity contribution is 6.06. The highest BCUT2D eigenvalue weighted by Crippen LogP contribution is 2.42. The molecule has 6 heteroatoms. The van der Waals surface area contributed by atoms with Crippen LogP contribution in [0.15, 0.2) is 91.0 Å². The summed E-state index contributed by atoms with van der Waals surface area (Å²) in [5.74, 6) is 2.10. The number of likely N-dealkylation sites (N-methyl/N-ethyl adjacent to an activating group) is 1. The van der Waals surface area contributed by atoms with Gasteiger partial charge in [0, 0.05) is 29.4 Å². The molecular formula is C32H26N6. The summed E-state index contributed by atoms with van der Waals surface area (Å²) in [4.78, 5) is 22.4. The largest absolute Gasteiger partial charge is 0.368 e. The first kappa shape index (κ1) is 22.5. The normalized spacial score (nSPS) is 11.9. The van der Waals surface area contributed by atoms with Gasteiger partial charge in [0.15, 0.2) is 11.6 Å². The smallest absolute Gasteiger partial charge is 0.181 e. The van der Waals surface area contributed by atoms with Crippen LogP contribution in [0.25, 0.3) is 67.0 Å². The second-order valence-electron chi connectivity index (χ2n) is 9.86. The van der Waals surface area contributed by atoms with Crippen molar-refractivity contribution in [2.24, 2.45) is 0 Å². The lowest BCUT2D eigenvalue weighted by molar-refractivity contribution is 0.425. The van der Waals surface area contributed by atoms with Crippen LogP contribution in [0.2, 0.25) is 0 Å². The third kappa shape index (κ3) is 3.78. The van der Waals surface area contributed by atoms with Gasteiger partial charge in [0.1, 0.15) is 11.5 Å². The van der Waals surface area contributed by atoms with Gasteiger partial charge in [-0.15, -0.1) is 0 Å². The summed E-state index contributed by atoms with van der Waals surface area (Å²) in [6.07, 6.45) is 0. The monoisotopic (exact) mass is 494 g/mol. The predicted molar refractivity (Wildman–Crippen MR) is 155 cm³/mol. The maximum Gasteiger partial charge on any atom is 0.181 e. The number of anilines is 1. The third-order valence-electron chi connectivity index (χ3n) is 7.05. The molecule has 2 aliphatic rings. The summed E-state index contributed by atoms with van der Waals surface area (Å²) in [6, 6.07) is 31.4. The Hall–Kier alpha value is -4.68. The number of fused-ring (bicyclic) bond motifs is 2. The van der Waals surface area contributed by atoms with E-state index in [2.05, 4.69) is 91.0 Å². The van der Waals surface area contributed by atoms with Crippen molar-refractivity contribution in [3.8, 4) is 45.2 Å². The van der Waals surface area contributed by atoms with Crippen LogP contribution in [0.5, 0.6) is 0 Å². The van der Waals surface area contributed by atoms with Gasteiger partial charge in [-0.05, 0) is 60.6 Å². The van der Waals surface area contributed by atoms with Crippen LogP contribution < -0.4 is 5.32 Å². The van der Waals surface area contributed by atoms with E-state index in [-0.39, 0.29) is 0 Å². The Kier molecular flexibility index (Phi) is 5.34. The molecule has 0 radical (unpaired) electrons. The van der Waals surface area contributed by atoms with Crippen molar-refractivity contribution in [2.75, 3.05) is 32.5 Å². The molecule has 6 bridgehead atoms. The van der Waals surface area contributed by atoms with Crippen molar-refractivity contribution in [1.29, 1.82) is 0 Å². The lowest BCUT2D eigenvalue weighted by Crippen LogP contribution is -2.21. The van der Waals surface area contributed by atoms with Crippen LogP contribution in [0.4, 0.5) is 5.82 Å². The number of hydrogen-bond acceptors (Lipinski definition) is 6. The molecule has 2 aromatic heterocycles. The first-order valence-corrected chi connectivity index (χ1v) is 12.8. The molecule has 6 nitrogen and oxygen atoms in total. The van der Waals surface area contributed by atoms with E-state index < -0.39 is 0 Å². The molecule has 0 atom stereocenters. The molecule has 2 aliphatic heterocycles. The topological polar surface area (TPSA) is 66.8 Å². The van der Waals surface area contributed by atoms with Crippen molar-refractivity contribution in [3.05, 3.63) is 91.0 Å². The fraction of sp³-hybridized carbons (Fsp3) is 0.125. The van der Waals surface area contributed by atoms with Gasteiger partial charge in [-0.3, -0.25) is 0 Å². The zero-order chi connectivity index (χ0) is 25.6. The third-order valence-corrected chi connectivity index (χ3v) is 7.05. The summed E-state index contributed by atoms with van der Waals surface area (Å²) in [6.45, 7) is 1.68. The van der Waals surface area contributed by atoms with Gasteiger partial charge in [0.05, 0.1) is 11.0 Å². The van der Waals surface area contributed by atoms with Crippen molar-refractivity contribution >= 4 is 27.6 Å². The van der Waals surface area contributed by atoms with Gasteiger partial charge in [-0.2, -0.15) is 0 Å². The fourth-order valence-electron chi connectivity index (χ4n) is 5.19. The summed E-state index contributed by atoms with van der Waals surface area (Å²) >= 11 is 0. The van der Waals surface area contributed by atoms with E-state index in [0.717, 1.165) is 74.2 Å².